The first kappa shape index (κ1) is 20.1. The number of amides is 2. The quantitative estimate of drug-likeness (QED) is 0.775. The molecule has 2 N–H and O–H groups in total. The van der Waals surface area contributed by atoms with Gasteiger partial charge in [-0.2, -0.15) is 18.4 Å². The van der Waals surface area contributed by atoms with E-state index in [1.165, 1.54) is 9.80 Å². The fourth-order valence-corrected chi connectivity index (χ4v) is 3.41. The molecule has 152 valence electrons. The minimum atomic E-state index is -4.64. The predicted octanol–water partition coefficient (Wildman–Crippen LogP) is 0.261. The second-order valence-electron chi connectivity index (χ2n) is 6.85. The number of nitrogens with zero attached hydrogens (tertiary/aromatic N) is 6. The Hall–Kier alpha value is -2.68. The van der Waals surface area contributed by atoms with Gasteiger partial charge < -0.3 is 15.5 Å². The average molecular weight is 399 g/mol. The lowest BCUT2D eigenvalue weighted by atomic mass is 10.1. The maximum Gasteiger partial charge on any atom is 0.453 e. The van der Waals surface area contributed by atoms with Crippen LogP contribution in [0.3, 0.4) is 0 Å². The van der Waals surface area contributed by atoms with E-state index >= 15 is 0 Å². The van der Waals surface area contributed by atoms with Crippen molar-refractivity contribution >= 4 is 11.8 Å². The van der Waals surface area contributed by atoms with Crippen LogP contribution in [0.2, 0.25) is 0 Å². The molecule has 1 aromatic heterocycles. The number of carbonyl (C=O) groups is 2. The van der Waals surface area contributed by atoms with E-state index in [0.29, 0.717) is 13.0 Å². The largest absolute Gasteiger partial charge is 0.453 e. The number of halogens is 3. The van der Waals surface area contributed by atoms with Crippen molar-refractivity contribution in [2.75, 3.05) is 13.1 Å². The van der Waals surface area contributed by atoms with Crippen LogP contribution in [-0.4, -0.2) is 61.6 Å². The lowest BCUT2D eigenvalue weighted by Crippen LogP contribution is -2.46. The highest BCUT2D eigenvalue weighted by atomic mass is 19.4. The molecule has 2 aliphatic heterocycles. The molecule has 28 heavy (non-hydrogen) atoms. The summed E-state index contributed by atoms with van der Waals surface area (Å²) in [5.41, 5.74) is 5.90. The van der Waals surface area contributed by atoms with Crippen LogP contribution in [0.1, 0.15) is 37.3 Å². The molecular formula is C16H20F3N7O2. The Bertz CT molecular complexity index is 801. The van der Waals surface area contributed by atoms with E-state index in [4.69, 9.17) is 11.0 Å². The number of rotatable bonds is 4. The molecule has 9 nitrogen and oxygen atoms in total. The Morgan fingerprint density at radius 1 is 1.32 bits per heavy atom. The molecule has 1 aromatic rings. The summed E-state index contributed by atoms with van der Waals surface area (Å²) in [6, 6.07) is 0.687. The van der Waals surface area contributed by atoms with Crippen LogP contribution in [0.25, 0.3) is 0 Å². The normalized spacial score (nSPS) is 20.6. The minimum absolute atomic E-state index is 0.0156. The minimum Gasteiger partial charge on any atom is -0.333 e. The maximum atomic E-state index is 12.7. The number of carbonyl (C=O) groups excluding carboxylic acids is 2. The molecule has 0 aromatic carbocycles. The van der Waals surface area contributed by atoms with Crippen LogP contribution in [0.15, 0.2) is 0 Å². The Labute approximate surface area is 158 Å². The molecule has 3 heterocycles. The molecule has 2 atom stereocenters. The van der Waals surface area contributed by atoms with E-state index < -0.39 is 24.1 Å². The molecule has 0 radical (unpaired) electrons. The summed E-state index contributed by atoms with van der Waals surface area (Å²) in [7, 11) is 0. The molecule has 1 fully saturated rings. The molecule has 0 saturated carbocycles. The number of nitriles is 1. The van der Waals surface area contributed by atoms with E-state index in [1.54, 1.807) is 0 Å². The summed E-state index contributed by atoms with van der Waals surface area (Å²) < 4.78 is 39.3. The van der Waals surface area contributed by atoms with E-state index in [1.807, 2.05) is 0 Å². The van der Waals surface area contributed by atoms with Gasteiger partial charge in [-0.1, -0.05) is 0 Å². The molecule has 0 aliphatic carbocycles. The van der Waals surface area contributed by atoms with Crippen molar-refractivity contribution in [3.63, 3.8) is 0 Å². The van der Waals surface area contributed by atoms with E-state index in [0.717, 1.165) is 11.1 Å². The number of nitrogens with two attached hydrogens (primary N) is 1. The monoisotopic (exact) mass is 399 g/mol. The van der Waals surface area contributed by atoms with E-state index in [2.05, 4.69) is 16.2 Å². The molecular weight excluding hydrogens is 379 g/mol. The zero-order chi connectivity index (χ0) is 20.5. The van der Waals surface area contributed by atoms with Crippen LogP contribution in [-0.2, 0) is 28.9 Å². The topological polar surface area (TPSA) is 121 Å². The van der Waals surface area contributed by atoms with E-state index in [-0.39, 0.29) is 50.1 Å². The van der Waals surface area contributed by atoms with E-state index in [9.17, 15) is 22.8 Å². The standard InChI is InChI=1S/C16H20F3N7O2/c17-16(18,19)15-22-12-9-24(6-7-26(12)23-15)13(27)4-3-11(21)14(28)25-5-1-2-10(25)8-20/h10-11H,1-7,9,21H2/t10-,11-/m0/s1. The maximum absolute atomic E-state index is 12.7. The van der Waals surface area contributed by atoms with Crippen molar-refractivity contribution in [1.82, 2.24) is 24.6 Å². The Morgan fingerprint density at radius 2 is 2.07 bits per heavy atom. The van der Waals surface area contributed by atoms with Crippen LogP contribution >= 0.6 is 0 Å². The first-order chi connectivity index (χ1) is 13.2. The summed E-state index contributed by atoms with van der Waals surface area (Å²) in [4.78, 5) is 31.0. The molecule has 0 unspecified atom stereocenters. The second kappa shape index (κ2) is 7.75. The van der Waals surface area contributed by atoms with Gasteiger partial charge in [0.25, 0.3) is 5.82 Å². The summed E-state index contributed by atoms with van der Waals surface area (Å²) >= 11 is 0. The Kier molecular flexibility index (Phi) is 5.55. The van der Waals surface area contributed by atoms with Crippen LogP contribution < -0.4 is 5.73 Å². The van der Waals surface area contributed by atoms with Crippen molar-refractivity contribution in [2.45, 2.75) is 57.0 Å². The number of fused-ring (bicyclic) bond motifs is 1. The lowest BCUT2D eigenvalue weighted by molar-refractivity contribution is -0.145. The van der Waals surface area contributed by atoms with Crippen molar-refractivity contribution < 1.29 is 22.8 Å². The van der Waals surface area contributed by atoms with Gasteiger partial charge in [-0.05, 0) is 19.3 Å². The first-order valence-corrected chi connectivity index (χ1v) is 8.95. The number of likely N-dealkylation sites (tertiary alicyclic amines) is 1. The highest BCUT2D eigenvalue weighted by Gasteiger charge is 2.38. The van der Waals surface area contributed by atoms with Gasteiger partial charge in [-0.3, -0.25) is 9.59 Å². The fourth-order valence-electron chi connectivity index (χ4n) is 3.41. The third-order valence-corrected chi connectivity index (χ3v) is 4.94. The molecule has 1 saturated heterocycles. The van der Waals surface area contributed by atoms with Crippen molar-refractivity contribution in [3.8, 4) is 6.07 Å². The zero-order valence-electron chi connectivity index (χ0n) is 15.0. The highest BCUT2D eigenvalue weighted by Crippen LogP contribution is 2.27. The average Bonchev–Trinajstić information content (AvgIpc) is 3.30. The first-order valence-electron chi connectivity index (χ1n) is 8.95. The molecule has 2 amide bonds. The van der Waals surface area contributed by atoms with Gasteiger partial charge in [-0.25, -0.2) is 9.67 Å². The third kappa shape index (κ3) is 4.09. The van der Waals surface area contributed by atoms with Crippen LogP contribution in [0.4, 0.5) is 13.2 Å². The molecule has 3 rings (SSSR count). The van der Waals surface area contributed by atoms with Gasteiger partial charge in [-0.15, -0.1) is 5.10 Å². The summed E-state index contributed by atoms with van der Waals surface area (Å²) in [5.74, 6) is -1.82. The smallest absolute Gasteiger partial charge is 0.333 e. The summed E-state index contributed by atoms with van der Waals surface area (Å²) in [6.45, 7) is 0.723. The van der Waals surface area contributed by atoms with Gasteiger partial charge in [0.05, 0.1) is 25.2 Å². The van der Waals surface area contributed by atoms with Crippen molar-refractivity contribution in [2.24, 2.45) is 5.73 Å². The second-order valence-corrected chi connectivity index (χ2v) is 6.85. The predicted molar refractivity (Wildman–Crippen MR) is 88.0 cm³/mol. The summed E-state index contributed by atoms with van der Waals surface area (Å²) in [5, 5.41) is 12.5. The number of hydrogen-bond donors (Lipinski definition) is 1. The lowest BCUT2D eigenvalue weighted by Gasteiger charge is -2.27. The zero-order valence-corrected chi connectivity index (χ0v) is 15.0. The number of alkyl halides is 3. The Morgan fingerprint density at radius 3 is 2.75 bits per heavy atom. The molecule has 2 aliphatic rings. The van der Waals surface area contributed by atoms with Gasteiger partial charge in [0.1, 0.15) is 11.9 Å². The molecule has 0 bridgehead atoms. The number of hydrogen-bond acceptors (Lipinski definition) is 6. The van der Waals surface area contributed by atoms with Gasteiger partial charge in [0.2, 0.25) is 11.8 Å². The molecule has 12 heteroatoms. The SMILES string of the molecule is N#C[C@@H]1CCCN1C(=O)[C@@H](N)CCC(=O)N1CCn2nc(C(F)(F)F)nc2C1. The summed E-state index contributed by atoms with van der Waals surface area (Å²) in [6.07, 6.45) is -3.20. The van der Waals surface area contributed by atoms with Crippen molar-refractivity contribution in [1.29, 1.82) is 5.26 Å². The third-order valence-electron chi connectivity index (χ3n) is 4.94. The number of aromatic nitrogens is 3. The highest BCUT2D eigenvalue weighted by molar-refractivity contribution is 5.83. The van der Waals surface area contributed by atoms with Crippen LogP contribution in [0, 0.1) is 11.3 Å². The fraction of sp³-hybridized carbons (Fsp3) is 0.688. The van der Waals surface area contributed by atoms with Gasteiger partial charge in [0, 0.05) is 19.5 Å². The van der Waals surface area contributed by atoms with Gasteiger partial charge in [0.15, 0.2) is 0 Å². The van der Waals surface area contributed by atoms with Crippen LogP contribution in [0.5, 0.6) is 0 Å². The van der Waals surface area contributed by atoms with Gasteiger partial charge >= 0.3 is 6.18 Å². The Balaban J connectivity index is 1.53. The van der Waals surface area contributed by atoms with Crippen molar-refractivity contribution in [3.05, 3.63) is 11.6 Å². The molecule has 0 spiro atoms.